The third-order valence-electron chi connectivity index (χ3n) is 6.84. The quantitative estimate of drug-likeness (QED) is 0.122. The van der Waals surface area contributed by atoms with Crippen molar-refractivity contribution in [1.29, 1.82) is 5.26 Å². The molecule has 8 heteroatoms. The molecule has 0 bridgehead atoms. The highest BCUT2D eigenvalue weighted by molar-refractivity contribution is 6.31. The van der Waals surface area contributed by atoms with Crippen molar-refractivity contribution in [2.24, 2.45) is 5.73 Å². The Balaban J connectivity index is 1.40. The zero-order valence-corrected chi connectivity index (χ0v) is 24.4. The number of nitriles is 1. The number of allylic oxidation sites excluding steroid dienone is 1. The summed E-state index contributed by atoms with van der Waals surface area (Å²) in [7, 11) is 0. The van der Waals surface area contributed by atoms with Gasteiger partial charge < -0.3 is 24.7 Å². The van der Waals surface area contributed by atoms with Crippen molar-refractivity contribution in [1.82, 2.24) is 0 Å². The van der Waals surface area contributed by atoms with Crippen LogP contribution in [0.1, 0.15) is 40.7 Å². The zero-order valence-electron chi connectivity index (χ0n) is 23.7. The third kappa shape index (κ3) is 6.83. The standard InChI is InChI=1S/C35H29ClN2O5/c1-3-40-32-18-24(13-16-30(32)41-21-25-6-4-5-7-29(25)36)34-27-15-14-26(19-31(27)43-35(38)28(34)20-37)42-33(39)17-12-23-10-8-22(2)9-11-23/h4-19,34H,3,21,38H2,1-2H3/b17-12+. The summed E-state index contributed by atoms with van der Waals surface area (Å²) in [6, 6.07) is 27.9. The van der Waals surface area contributed by atoms with Gasteiger partial charge in [-0.05, 0) is 55.3 Å². The molecule has 0 amide bonds. The van der Waals surface area contributed by atoms with Crippen LogP contribution in [0.25, 0.3) is 6.08 Å². The van der Waals surface area contributed by atoms with Crippen LogP contribution >= 0.6 is 11.6 Å². The zero-order chi connectivity index (χ0) is 30.3. The molecule has 2 N–H and O–H groups in total. The van der Waals surface area contributed by atoms with Gasteiger partial charge in [-0.15, -0.1) is 0 Å². The van der Waals surface area contributed by atoms with E-state index >= 15 is 0 Å². The van der Waals surface area contributed by atoms with Gasteiger partial charge in [0.1, 0.15) is 29.7 Å². The second-order valence-electron chi connectivity index (χ2n) is 9.81. The van der Waals surface area contributed by atoms with Crippen molar-refractivity contribution in [3.8, 4) is 29.1 Å². The van der Waals surface area contributed by atoms with Gasteiger partial charge in [0.05, 0.1) is 12.5 Å². The first-order valence-corrected chi connectivity index (χ1v) is 14.0. The van der Waals surface area contributed by atoms with Gasteiger partial charge >= 0.3 is 5.97 Å². The number of hydrogen-bond donors (Lipinski definition) is 1. The van der Waals surface area contributed by atoms with Crippen LogP contribution in [0.15, 0.2) is 102 Å². The average molecular weight is 593 g/mol. The molecule has 4 aromatic rings. The number of carbonyl (C=O) groups is 1. The maximum atomic E-state index is 12.5. The summed E-state index contributed by atoms with van der Waals surface area (Å²) in [5, 5.41) is 10.6. The van der Waals surface area contributed by atoms with Gasteiger partial charge in [0.15, 0.2) is 11.5 Å². The van der Waals surface area contributed by atoms with Crippen molar-refractivity contribution >= 4 is 23.6 Å². The predicted molar refractivity (Wildman–Crippen MR) is 165 cm³/mol. The SMILES string of the molecule is CCOc1cc(C2C(C#N)=C(N)Oc3cc(OC(=O)/C=C/c4ccc(C)cc4)ccc32)ccc1OCc1ccccc1Cl. The number of fused-ring (bicyclic) bond motifs is 1. The summed E-state index contributed by atoms with van der Waals surface area (Å²) < 4.78 is 23.3. The molecule has 7 nitrogen and oxygen atoms in total. The summed E-state index contributed by atoms with van der Waals surface area (Å²) in [6.45, 7) is 4.55. The maximum absolute atomic E-state index is 12.5. The molecule has 0 aromatic heterocycles. The monoisotopic (exact) mass is 592 g/mol. The Kier molecular flexibility index (Phi) is 8.99. The molecule has 216 valence electrons. The Labute approximate surface area is 255 Å². The van der Waals surface area contributed by atoms with Gasteiger partial charge in [0.2, 0.25) is 5.88 Å². The van der Waals surface area contributed by atoms with Crippen molar-refractivity contribution in [3.63, 3.8) is 0 Å². The lowest BCUT2D eigenvalue weighted by atomic mass is 9.83. The molecule has 0 aliphatic carbocycles. The molecule has 1 heterocycles. The van der Waals surface area contributed by atoms with Gasteiger partial charge in [-0.3, -0.25) is 0 Å². The second-order valence-corrected chi connectivity index (χ2v) is 10.2. The fraction of sp³-hybridized carbons (Fsp3) is 0.143. The van der Waals surface area contributed by atoms with Crippen LogP contribution < -0.4 is 24.7 Å². The lowest BCUT2D eigenvalue weighted by Crippen LogP contribution is -2.21. The van der Waals surface area contributed by atoms with Crippen molar-refractivity contribution in [3.05, 3.63) is 135 Å². The van der Waals surface area contributed by atoms with Crippen LogP contribution in [0.3, 0.4) is 0 Å². The highest BCUT2D eigenvalue weighted by Gasteiger charge is 2.32. The number of benzene rings is 4. The summed E-state index contributed by atoms with van der Waals surface area (Å²) in [5.74, 6) is 0.601. The Morgan fingerprint density at radius 3 is 2.56 bits per heavy atom. The van der Waals surface area contributed by atoms with Gasteiger partial charge in [-0.2, -0.15) is 5.26 Å². The Hall–Kier alpha value is -5.19. The van der Waals surface area contributed by atoms with Crippen molar-refractivity contribution in [2.75, 3.05) is 6.61 Å². The smallest absolute Gasteiger partial charge is 0.336 e. The molecule has 4 aromatic carbocycles. The lowest BCUT2D eigenvalue weighted by Gasteiger charge is -2.27. The summed E-state index contributed by atoms with van der Waals surface area (Å²) in [6.07, 6.45) is 3.05. The number of nitrogens with two attached hydrogens (primary N) is 1. The summed E-state index contributed by atoms with van der Waals surface area (Å²) >= 11 is 6.29. The van der Waals surface area contributed by atoms with Crippen LogP contribution in [0.4, 0.5) is 0 Å². The minimum atomic E-state index is -0.545. The summed E-state index contributed by atoms with van der Waals surface area (Å²) in [4.78, 5) is 12.5. The number of ether oxygens (including phenoxy) is 4. The van der Waals surface area contributed by atoms with Crippen molar-refractivity contribution in [2.45, 2.75) is 26.4 Å². The number of esters is 1. The molecule has 1 atom stereocenters. The number of aryl methyl sites for hydroxylation is 1. The molecule has 1 aliphatic heterocycles. The normalized spacial score (nSPS) is 14.0. The average Bonchev–Trinajstić information content (AvgIpc) is 3.00. The van der Waals surface area contributed by atoms with E-state index in [1.165, 1.54) is 6.08 Å². The molecule has 0 radical (unpaired) electrons. The molecule has 0 saturated heterocycles. The van der Waals surface area contributed by atoms with E-state index in [4.69, 9.17) is 36.3 Å². The first kappa shape index (κ1) is 29.3. The Bertz CT molecular complexity index is 1760. The fourth-order valence-electron chi connectivity index (χ4n) is 4.70. The number of carbonyl (C=O) groups excluding carboxylic acids is 1. The van der Waals surface area contributed by atoms with E-state index < -0.39 is 11.9 Å². The lowest BCUT2D eigenvalue weighted by molar-refractivity contribution is -0.128. The van der Waals surface area contributed by atoms with E-state index in [9.17, 15) is 10.1 Å². The molecular weight excluding hydrogens is 564 g/mol. The highest BCUT2D eigenvalue weighted by atomic mass is 35.5. The van der Waals surface area contributed by atoms with Gasteiger partial charge in [-0.1, -0.05) is 71.8 Å². The van der Waals surface area contributed by atoms with Gasteiger partial charge in [-0.25, -0.2) is 4.79 Å². The molecule has 1 aliphatic rings. The van der Waals surface area contributed by atoms with Crippen LogP contribution in [0.2, 0.25) is 5.02 Å². The second kappa shape index (κ2) is 13.2. The molecule has 0 fully saturated rings. The topological polar surface area (TPSA) is 104 Å². The maximum Gasteiger partial charge on any atom is 0.336 e. The van der Waals surface area contributed by atoms with E-state index in [-0.39, 0.29) is 23.8 Å². The number of rotatable bonds is 9. The van der Waals surface area contributed by atoms with Crippen LogP contribution in [0.5, 0.6) is 23.0 Å². The minimum Gasteiger partial charge on any atom is -0.490 e. The predicted octanol–water partition coefficient (Wildman–Crippen LogP) is 7.46. The molecule has 5 rings (SSSR count). The Morgan fingerprint density at radius 2 is 1.81 bits per heavy atom. The molecule has 43 heavy (non-hydrogen) atoms. The van der Waals surface area contributed by atoms with Crippen LogP contribution in [-0.2, 0) is 11.4 Å². The van der Waals surface area contributed by atoms with E-state index in [1.54, 1.807) is 30.3 Å². The van der Waals surface area contributed by atoms with E-state index in [2.05, 4.69) is 6.07 Å². The van der Waals surface area contributed by atoms with Gasteiger partial charge in [0, 0.05) is 28.3 Å². The molecular formula is C35H29ClN2O5. The van der Waals surface area contributed by atoms with Crippen molar-refractivity contribution < 1.29 is 23.7 Å². The van der Waals surface area contributed by atoms with Crippen LogP contribution in [0, 0.1) is 18.3 Å². The number of hydrogen-bond acceptors (Lipinski definition) is 7. The largest absolute Gasteiger partial charge is 0.490 e. The molecule has 0 saturated carbocycles. The van der Waals surface area contributed by atoms with E-state index in [0.717, 1.165) is 22.3 Å². The number of nitrogens with zero attached hydrogens (tertiary/aromatic N) is 1. The van der Waals surface area contributed by atoms with E-state index in [0.29, 0.717) is 34.4 Å². The highest BCUT2D eigenvalue weighted by Crippen LogP contribution is 2.45. The molecule has 0 spiro atoms. The Morgan fingerprint density at radius 1 is 1.02 bits per heavy atom. The number of halogens is 1. The first-order valence-electron chi connectivity index (χ1n) is 13.7. The third-order valence-corrected chi connectivity index (χ3v) is 7.21. The van der Waals surface area contributed by atoms with Crippen LogP contribution in [-0.4, -0.2) is 12.6 Å². The fourth-order valence-corrected chi connectivity index (χ4v) is 4.89. The minimum absolute atomic E-state index is 0.0280. The van der Waals surface area contributed by atoms with E-state index in [1.807, 2.05) is 74.5 Å². The van der Waals surface area contributed by atoms with Gasteiger partial charge in [0.25, 0.3) is 0 Å². The molecule has 1 unspecified atom stereocenters. The summed E-state index contributed by atoms with van der Waals surface area (Å²) in [5.41, 5.74) is 10.8. The first-order chi connectivity index (χ1) is 20.9.